The Balaban J connectivity index is 2.23. The van der Waals surface area contributed by atoms with Crippen molar-refractivity contribution in [1.29, 1.82) is 0 Å². The number of hydrogen-bond acceptors (Lipinski definition) is 3. The van der Waals surface area contributed by atoms with Crippen molar-refractivity contribution in [2.75, 3.05) is 13.1 Å². The van der Waals surface area contributed by atoms with Crippen LogP contribution < -0.4 is 0 Å². The molecule has 6 heteroatoms. The average molecular weight is 269 g/mol. The third kappa shape index (κ3) is 2.54. The largest absolute Gasteiger partial charge is 0.481 e. The zero-order chi connectivity index (χ0) is 13.2. The van der Waals surface area contributed by atoms with Gasteiger partial charge in [-0.3, -0.25) is 4.79 Å². The molecule has 1 aromatic carbocycles. The summed E-state index contributed by atoms with van der Waals surface area (Å²) in [5, 5.41) is 8.97. The van der Waals surface area contributed by atoms with Gasteiger partial charge in [0.05, 0.1) is 10.8 Å². The standard InChI is InChI=1S/C12H15NO4S/c14-12(15)10-5-4-8-13(9-10)18(16,17)11-6-2-1-3-7-11/h1-3,6-7,10H,4-5,8-9H2,(H,14,15)/t10-/m0/s1. The molecule has 2 rings (SSSR count). The normalized spacial score (nSPS) is 21.7. The van der Waals surface area contributed by atoms with Crippen LogP contribution >= 0.6 is 0 Å². The second kappa shape index (κ2) is 5.07. The number of sulfonamides is 1. The second-order valence-corrected chi connectivity index (χ2v) is 6.29. The van der Waals surface area contributed by atoms with E-state index in [2.05, 4.69) is 0 Å². The first-order chi connectivity index (χ1) is 8.51. The molecule has 98 valence electrons. The van der Waals surface area contributed by atoms with E-state index in [1.165, 1.54) is 16.4 Å². The van der Waals surface area contributed by atoms with E-state index in [0.717, 1.165) is 0 Å². The van der Waals surface area contributed by atoms with Crippen LogP contribution in [0.25, 0.3) is 0 Å². The Morgan fingerprint density at radius 1 is 1.28 bits per heavy atom. The number of hydrogen-bond donors (Lipinski definition) is 1. The van der Waals surface area contributed by atoms with Crippen LogP contribution in [0.3, 0.4) is 0 Å². The van der Waals surface area contributed by atoms with Gasteiger partial charge in [0.15, 0.2) is 0 Å². The number of carbonyl (C=O) groups is 1. The van der Waals surface area contributed by atoms with Crippen LogP contribution in [0.4, 0.5) is 0 Å². The summed E-state index contributed by atoms with van der Waals surface area (Å²) in [6, 6.07) is 8.12. The molecule has 1 saturated heterocycles. The Morgan fingerprint density at radius 2 is 1.94 bits per heavy atom. The zero-order valence-electron chi connectivity index (χ0n) is 9.82. The second-order valence-electron chi connectivity index (χ2n) is 4.35. The highest BCUT2D eigenvalue weighted by atomic mass is 32.2. The molecule has 0 radical (unpaired) electrons. The monoisotopic (exact) mass is 269 g/mol. The van der Waals surface area contributed by atoms with E-state index < -0.39 is 21.9 Å². The quantitative estimate of drug-likeness (QED) is 0.894. The van der Waals surface area contributed by atoms with Crippen LogP contribution in [0.1, 0.15) is 12.8 Å². The van der Waals surface area contributed by atoms with Crippen LogP contribution in [-0.4, -0.2) is 36.9 Å². The van der Waals surface area contributed by atoms with Gasteiger partial charge in [0.25, 0.3) is 0 Å². The van der Waals surface area contributed by atoms with E-state index in [-0.39, 0.29) is 11.4 Å². The lowest BCUT2D eigenvalue weighted by Gasteiger charge is -2.29. The van der Waals surface area contributed by atoms with Crippen molar-refractivity contribution in [3.05, 3.63) is 30.3 Å². The molecule has 0 amide bonds. The number of aliphatic carboxylic acids is 1. The Labute approximate surface area is 106 Å². The van der Waals surface area contributed by atoms with E-state index >= 15 is 0 Å². The Morgan fingerprint density at radius 3 is 2.56 bits per heavy atom. The number of piperidine rings is 1. The summed E-state index contributed by atoms with van der Waals surface area (Å²) in [7, 11) is -3.56. The number of rotatable bonds is 3. The third-order valence-corrected chi connectivity index (χ3v) is 4.99. The number of carboxylic acids is 1. The summed E-state index contributed by atoms with van der Waals surface area (Å²) in [5.74, 6) is -1.53. The predicted octanol–water partition coefficient (Wildman–Crippen LogP) is 1.17. The molecular weight excluding hydrogens is 254 g/mol. The molecule has 1 aromatic rings. The first kappa shape index (κ1) is 13.0. The number of nitrogens with zero attached hydrogens (tertiary/aromatic N) is 1. The van der Waals surface area contributed by atoms with Gasteiger partial charge in [-0.1, -0.05) is 18.2 Å². The molecule has 1 aliphatic rings. The van der Waals surface area contributed by atoms with E-state index in [1.54, 1.807) is 18.2 Å². The fourth-order valence-electron chi connectivity index (χ4n) is 2.10. The molecular formula is C12H15NO4S. The van der Waals surface area contributed by atoms with E-state index in [1.807, 2.05) is 0 Å². The van der Waals surface area contributed by atoms with Gasteiger partial charge < -0.3 is 5.11 Å². The van der Waals surface area contributed by atoms with Gasteiger partial charge in [-0.2, -0.15) is 4.31 Å². The number of benzene rings is 1. The lowest BCUT2D eigenvalue weighted by molar-refractivity contribution is -0.142. The zero-order valence-corrected chi connectivity index (χ0v) is 10.6. The van der Waals surface area contributed by atoms with Crippen LogP contribution in [0.2, 0.25) is 0 Å². The first-order valence-corrected chi connectivity index (χ1v) is 7.24. The summed E-state index contributed by atoms with van der Waals surface area (Å²) in [4.78, 5) is 11.2. The van der Waals surface area contributed by atoms with Crippen molar-refractivity contribution in [3.63, 3.8) is 0 Å². The Kier molecular flexibility index (Phi) is 3.68. The molecule has 5 nitrogen and oxygen atoms in total. The van der Waals surface area contributed by atoms with Gasteiger partial charge >= 0.3 is 5.97 Å². The van der Waals surface area contributed by atoms with Gasteiger partial charge in [-0.25, -0.2) is 8.42 Å². The fourth-order valence-corrected chi connectivity index (χ4v) is 3.65. The lowest BCUT2D eigenvalue weighted by atomic mass is 10.0. The first-order valence-electron chi connectivity index (χ1n) is 5.80. The van der Waals surface area contributed by atoms with Crippen molar-refractivity contribution in [2.45, 2.75) is 17.7 Å². The van der Waals surface area contributed by atoms with Gasteiger partial charge in [-0.15, -0.1) is 0 Å². The fraction of sp³-hybridized carbons (Fsp3) is 0.417. The van der Waals surface area contributed by atoms with Crippen molar-refractivity contribution < 1.29 is 18.3 Å². The van der Waals surface area contributed by atoms with Crippen LogP contribution in [0.5, 0.6) is 0 Å². The molecule has 1 N–H and O–H groups in total. The highest BCUT2D eigenvalue weighted by Gasteiger charge is 2.32. The highest BCUT2D eigenvalue weighted by molar-refractivity contribution is 7.89. The molecule has 1 atom stereocenters. The molecule has 0 saturated carbocycles. The van der Waals surface area contributed by atoms with Gasteiger partial charge in [0.1, 0.15) is 0 Å². The van der Waals surface area contributed by atoms with Crippen LogP contribution in [-0.2, 0) is 14.8 Å². The van der Waals surface area contributed by atoms with Crippen LogP contribution in [0, 0.1) is 5.92 Å². The average Bonchev–Trinajstić information content (AvgIpc) is 2.40. The molecule has 0 bridgehead atoms. The minimum absolute atomic E-state index is 0.0621. The number of carboxylic acid groups (broad SMARTS) is 1. The molecule has 1 fully saturated rings. The summed E-state index contributed by atoms with van der Waals surface area (Å²) >= 11 is 0. The van der Waals surface area contributed by atoms with Crippen molar-refractivity contribution in [1.82, 2.24) is 4.31 Å². The van der Waals surface area contributed by atoms with E-state index in [0.29, 0.717) is 19.4 Å². The topological polar surface area (TPSA) is 74.7 Å². The van der Waals surface area contributed by atoms with Crippen molar-refractivity contribution in [2.24, 2.45) is 5.92 Å². The SMILES string of the molecule is O=C(O)[C@H]1CCCN(S(=O)(=O)c2ccccc2)C1. The van der Waals surface area contributed by atoms with Gasteiger partial charge in [0, 0.05) is 13.1 Å². The maximum atomic E-state index is 12.3. The van der Waals surface area contributed by atoms with Crippen LogP contribution in [0.15, 0.2) is 35.2 Å². The minimum atomic E-state index is -3.56. The Bertz CT molecular complexity index is 526. The molecule has 0 aromatic heterocycles. The van der Waals surface area contributed by atoms with Crippen molar-refractivity contribution >= 4 is 16.0 Å². The maximum Gasteiger partial charge on any atom is 0.307 e. The maximum absolute atomic E-state index is 12.3. The van der Waals surface area contributed by atoms with Gasteiger partial charge in [0.2, 0.25) is 10.0 Å². The van der Waals surface area contributed by atoms with Gasteiger partial charge in [-0.05, 0) is 25.0 Å². The Hall–Kier alpha value is -1.40. The molecule has 0 unspecified atom stereocenters. The van der Waals surface area contributed by atoms with E-state index in [9.17, 15) is 13.2 Å². The summed E-state index contributed by atoms with van der Waals surface area (Å²) in [5.41, 5.74) is 0. The predicted molar refractivity (Wildman–Crippen MR) is 65.6 cm³/mol. The highest BCUT2D eigenvalue weighted by Crippen LogP contribution is 2.23. The summed E-state index contributed by atoms with van der Waals surface area (Å²) in [6.45, 7) is 0.452. The van der Waals surface area contributed by atoms with Crippen molar-refractivity contribution in [3.8, 4) is 0 Å². The van der Waals surface area contributed by atoms with E-state index in [4.69, 9.17) is 5.11 Å². The molecule has 0 spiro atoms. The molecule has 18 heavy (non-hydrogen) atoms. The minimum Gasteiger partial charge on any atom is -0.481 e. The lowest BCUT2D eigenvalue weighted by Crippen LogP contribution is -2.42. The molecule has 1 aliphatic heterocycles. The smallest absolute Gasteiger partial charge is 0.307 e. The third-order valence-electron chi connectivity index (χ3n) is 3.11. The summed E-state index contributed by atoms with van der Waals surface area (Å²) < 4.78 is 25.8. The molecule has 0 aliphatic carbocycles. The summed E-state index contributed by atoms with van der Waals surface area (Å²) in [6.07, 6.45) is 1.12. The molecule has 1 heterocycles.